The van der Waals surface area contributed by atoms with Crippen LogP contribution in [0.25, 0.3) is 0 Å². The average Bonchev–Trinajstić information content (AvgIpc) is 2.88. The summed E-state index contributed by atoms with van der Waals surface area (Å²) in [4.78, 5) is 23.3. The number of ether oxygens (including phenoxy) is 1. The largest absolute Gasteiger partial charge is 0.469 e. The van der Waals surface area contributed by atoms with Gasteiger partial charge in [-0.2, -0.15) is 0 Å². The number of methoxy groups -OCH3 is 1. The van der Waals surface area contributed by atoms with Gasteiger partial charge in [0.15, 0.2) is 5.78 Å². The molecule has 4 heteroatoms. The van der Waals surface area contributed by atoms with Crippen LogP contribution in [0.5, 0.6) is 0 Å². The second kappa shape index (κ2) is 13.2. The Morgan fingerprint density at radius 2 is 1.88 bits per heavy atom. The van der Waals surface area contributed by atoms with Crippen molar-refractivity contribution in [1.82, 2.24) is 0 Å². The first-order valence-electron chi connectivity index (χ1n) is 9.72. The van der Waals surface area contributed by atoms with Gasteiger partial charge in [0.25, 0.3) is 0 Å². The molecular formula is C21H33ClO3. The van der Waals surface area contributed by atoms with Crippen LogP contribution in [0.2, 0.25) is 0 Å². The van der Waals surface area contributed by atoms with Gasteiger partial charge in [0.1, 0.15) is 0 Å². The van der Waals surface area contributed by atoms with Crippen molar-refractivity contribution in [3.05, 3.63) is 23.8 Å². The quantitative estimate of drug-likeness (QED) is 0.144. The molecule has 1 aliphatic rings. The number of esters is 1. The van der Waals surface area contributed by atoms with Crippen molar-refractivity contribution < 1.29 is 14.3 Å². The minimum atomic E-state index is -0.375. The van der Waals surface area contributed by atoms with E-state index >= 15 is 0 Å². The lowest BCUT2D eigenvalue weighted by molar-refractivity contribution is -0.140. The zero-order valence-electron chi connectivity index (χ0n) is 15.8. The number of hydrogen-bond acceptors (Lipinski definition) is 3. The minimum absolute atomic E-state index is 0.0943. The Labute approximate surface area is 157 Å². The normalized spacial score (nSPS) is 22.2. The third-order valence-corrected chi connectivity index (χ3v) is 5.08. The minimum Gasteiger partial charge on any atom is -0.469 e. The fourth-order valence-electron chi connectivity index (χ4n) is 3.15. The van der Waals surface area contributed by atoms with Crippen LogP contribution in [0.15, 0.2) is 23.8 Å². The van der Waals surface area contributed by atoms with Gasteiger partial charge in [-0.25, -0.2) is 0 Å². The van der Waals surface area contributed by atoms with E-state index in [0.29, 0.717) is 6.42 Å². The van der Waals surface area contributed by atoms with Crippen LogP contribution in [-0.4, -0.2) is 24.2 Å². The summed E-state index contributed by atoms with van der Waals surface area (Å²) < 4.78 is 4.63. The molecule has 0 aliphatic heterocycles. The summed E-state index contributed by atoms with van der Waals surface area (Å²) in [6.45, 7) is 2.22. The molecule has 1 aliphatic carbocycles. The van der Waals surface area contributed by atoms with Crippen molar-refractivity contribution in [1.29, 1.82) is 0 Å². The van der Waals surface area contributed by atoms with Gasteiger partial charge in [-0.05, 0) is 44.1 Å². The molecule has 0 heterocycles. The predicted molar refractivity (Wildman–Crippen MR) is 104 cm³/mol. The van der Waals surface area contributed by atoms with Gasteiger partial charge in [-0.1, -0.05) is 50.8 Å². The monoisotopic (exact) mass is 368 g/mol. The Morgan fingerprint density at radius 3 is 2.60 bits per heavy atom. The van der Waals surface area contributed by atoms with E-state index in [4.69, 9.17) is 11.6 Å². The van der Waals surface area contributed by atoms with Gasteiger partial charge in [0.05, 0.1) is 12.5 Å². The first kappa shape index (κ1) is 22.0. The molecule has 0 radical (unpaired) electrons. The molecule has 0 N–H and O–H groups in total. The van der Waals surface area contributed by atoms with E-state index < -0.39 is 0 Å². The van der Waals surface area contributed by atoms with E-state index in [9.17, 15) is 9.59 Å². The molecule has 0 aromatic heterocycles. The van der Waals surface area contributed by atoms with Crippen LogP contribution in [0.1, 0.15) is 77.6 Å². The molecule has 0 aromatic carbocycles. The molecule has 142 valence electrons. The highest BCUT2D eigenvalue weighted by molar-refractivity contribution is 6.35. The van der Waals surface area contributed by atoms with E-state index in [1.165, 1.54) is 32.8 Å². The zero-order valence-corrected chi connectivity index (χ0v) is 16.5. The summed E-state index contributed by atoms with van der Waals surface area (Å²) in [7, 11) is 1.42. The maximum Gasteiger partial charge on any atom is 0.305 e. The van der Waals surface area contributed by atoms with Crippen molar-refractivity contribution in [2.75, 3.05) is 7.11 Å². The average molecular weight is 369 g/mol. The topological polar surface area (TPSA) is 43.4 Å². The summed E-state index contributed by atoms with van der Waals surface area (Å²) >= 11 is 6.17. The molecule has 2 atom stereocenters. The van der Waals surface area contributed by atoms with E-state index in [-0.39, 0.29) is 23.0 Å². The Morgan fingerprint density at radius 1 is 1.16 bits per heavy atom. The SMILES string of the molecule is CCCCCC/C=C/C1CC(Cl)C(=O)/C1=C\CCCCCC(=O)OC. The predicted octanol–water partition coefficient (Wildman–Crippen LogP) is 5.76. The van der Waals surface area contributed by atoms with Gasteiger partial charge >= 0.3 is 5.97 Å². The molecule has 25 heavy (non-hydrogen) atoms. The standard InChI is InChI=1S/C21H33ClO3/c1-3-4-5-6-7-10-13-17-16-19(22)21(24)18(17)14-11-8-9-12-15-20(23)25-2/h10,13-14,17,19H,3-9,11-12,15-16H2,1-2H3/b13-10+,18-14-. The molecule has 1 rings (SSSR count). The zero-order chi connectivity index (χ0) is 18.5. The van der Waals surface area contributed by atoms with Crippen molar-refractivity contribution in [3.63, 3.8) is 0 Å². The Hall–Kier alpha value is -1.09. The highest BCUT2D eigenvalue weighted by Crippen LogP contribution is 2.33. The first-order chi connectivity index (χ1) is 12.1. The lowest BCUT2D eigenvalue weighted by Crippen LogP contribution is -2.06. The molecular weight excluding hydrogens is 336 g/mol. The van der Waals surface area contributed by atoms with E-state index in [1.54, 1.807) is 0 Å². The third-order valence-electron chi connectivity index (χ3n) is 4.70. The number of unbranched alkanes of at least 4 members (excludes halogenated alkanes) is 7. The number of Topliss-reactive ketones (excluding diaryl/α,β-unsaturated/α-hetero) is 1. The van der Waals surface area contributed by atoms with Crippen molar-refractivity contribution in [3.8, 4) is 0 Å². The van der Waals surface area contributed by atoms with Gasteiger partial charge in [0, 0.05) is 12.3 Å². The smallest absolute Gasteiger partial charge is 0.305 e. The van der Waals surface area contributed by atoms with Gasteiger partial charge in [-0.3, -0.25) is 9.59 Å². The van der Waals surface area contributed by atoms with Crippen molar-refractivity contribution >= 4 is 23.4 Å². The number of allylic oxidation sites excluding steroid dienone is 4. The van der Waals surface area contributed by atoms with Gasteiger partial charge in [-0.15, -0.1) is 11.6 Å². The van der Waals surface area contributed by atoms with Gasteiger partial charge < -0.3 is 4.74 Å². The third kappa shape index (κ3) is 8.71. The number of carbonyl (C=O) groups excluding carboxylic acids is 2. The summed E-state index contributed by atoms with van der Waals surface area (Å²) in [6.07, 6.45) is 17.4. The van der Waals surface area contributed by atoms with Gasteiger partial charge in [0.2, 0.25) is 0 Å². The van der Waals surface area contributed by atoms with Crippen LogP contribution in [-0.2, 0) is 14.3 Å². The van der Waals surface area contributed by atoms with Crippen LogP contribution < -0.4 is 0 Å². The van der Waals surface area contributed by atoms with E-state index in [0.717, 1.165) is 44.1 Å². The van der Waals surface area contributed by atoms with Crippen LogP contribution in [0, 0.1) is 5.92 Å². The lowest BCUT2D eigenvalue weighted by atomic mass is 9.99. The van der Waals surface area contributed by atoms with E-state index in [1.807, 2.05) is 0 Å². The van der Waals surface area contributed by atoms with Crippen molar-refractivity contribution in [2.24, 2.45) is 5.92 Å². The second-order valence-electron chi connectivity index (χ2n) is 6.79. The molecule has 0 bridgehead atoms. The fourth-order valence-corrected chi connectivity index (χ4v) is 3.47. The maximum absolute atomic E-state index is 12.2. The summed E-state index contributed by atoms with van der Waals surface area (Å²) in [5, 5.41) is -0.375. The summed E-state index contributed by atoms with van der Waals surface area (Å²) in [6, 6.07) is 0. The summed E-state index contributed by atoms with van der Waals surface area (Å²) in [5.74, 6) is 0.117. The van der Waals surface area contributed by atoms with Crippen LogP contribution in [0.4, 0.5) is 0 Å². The molecule has 0 amide bonds. The maximum atomic E-state index is 12.2. The number of alkyl halides is 1. The molecule has 3 nitrogen and oxygen atoms in total. The molecule has 1 saturated carbocycles. The van der Waals surface area contributed by atoms with E-state index in [2.05, 4.69) is 29.9 Å². The molecule has 0 spiro atoms. The Balaban J connectivity index is 2.37. The number of rotatable bonds is 12. The van der Waals surface area contributed by atoms with Crippen LogP contribution >= 0.6 is 11.6 Å². The fraction of sp³-hybridized carbons (Fsp3) is 0.714. The highest BCUT2D eigenvalue weighted by atomic mass is 35.5. The second-order valence-corrected chi connectivity index (χ2v) is 7.31. The number of halogens is 1. The number of ketones is 1. The van der Waals surface area contributed by atoms with Crippen LogP contribution in [0.3, 0.4) is 0 Å². The molecule has 0 saturated heterocycles. The molecule has 1 fully saturated rings. The Kier molecular flexibility index (Phi) is 11.6. The lowest BCUT2D eigenvalue weighted by Gasteiger charge is -2.05. The molecule has 0 aromatic rings. The summed E-state index contributed by atoms with van der Waals surface area (Å²) in [5.41, 5.74) is 0.887. The number of carbonyl (C=O) groups is 2. The first-order valence-corrected chi connectivity index (χ1v) is 10.2. The Bertz CT molecular complexity index is 468. The highest BCUT2D eigenvalue weighted by Gasteiger charge is 2.34. The number of hydrogen-bond donors (Lipinski definition) is 0. The molecule has 2 unspecified atom stereocenters. The van der Waals surface area contributed by atoms with Crippen molar-refractivity contribution in [2.45, 2.75) is 82.9 Å².